The van der Waals surface area contributed by atoms with Gasteiger partial charge in [0.1, 0.15) is 17.7 Å². The number of Topliss-reactive ketones (excluding diaryl/α,β-unsaturated/α-hetero) is 1. The Morgan fingerprint density at radius 1 is 1.00 bits per heavy atom. The van der Waals surface area contributed by atoms with Gasteiger partial charge in [-0.3, -0.25) is 9.59 Å². The number of hydrogen-bond acceptors (Lipinski definition) is 5. The monoisotopic (exact) mass is 392 g/mol. The molecule has 0 amide bonds. The second kappa shape index (κ2) is 7.25. The zero-order valence-electron chi connectivity index (χ0n) is 14.5. The minimum atomic E-state index is -0.785. The maximum absolute atomic E-state index is 12.7. The summed E-state index contributed by atoms with van der Waals surface area (Å²) in [6, 6.07) is 18.4. The first-order valence-electron chi connectivity index (χ1n) is 8.41. The number of fused-ring (bicyclic) bond motifs is 1. The molecule has 4 aromatic rings. The van der Waals surface area contributed by atoms with Gasteiger partial charge in [0, 0.05) is 28.1 Å². The summed E-state index contributed by atoms with van der Waals surface area (Å²) in [5.74, 6) is -0.564. The van der Waals surface area contributed by atoms with Crippen LogP contribution in [-0.4, -0.2) is 15.6 Å². The average Bonchev–Trinajstić information content (AvgIpc) is 2.69. The molecule has 0 aliphatic rings. The number of halogens is 1. The minimum absolute atomic E-state index is 0.145. The lowest BCUT2D eigenvalue weighted by Gasteiger charge is -2.07. The summed E-state index contributed by atoms with van der Waals surface area (Å²) in [6.45, 7) is -0.372. The van der Waals surface area contributed by atoms with Crippen molar-refractivity contribution in [2.45, 2.75) is 6.54 Å². The van der Waals surface area contributed by atoms with Gasteiger partial charge >= 0.3 is 5.63 Å². The van der Waals surface area contributed by atoms with E-state index < -0.39 is 17.0 Å². The van der Waals surface area contributed by atoms with E-state index in [9.17, 15) is 14.4 Å². The third kappa shape index (κ3) is 3.50. The van der Waals surface area contributed by atoms with E-state index in [4.69, 9.17) is 16.0 Å². The molecule has 0 atom stereocenters. The van der Waals surface area contributed by atoms with Crippen molar-refractivity contribution >= 4 is 28.4 Å². The molecule has 138 valence electrons. The number of ketones is 1. The molecule has 0 aliphatic heterocycles. The van der Waals surface area contributed by atoms with Crippen LogP contribution in [0.2, 0.25) is 5.02 Å². The van der Waals surface area contributed by atoms with Gasteiger partial charge < -0.3 is 4.42 Å². The highest BCUT2D eigenvalue weighted by Gasteiger charge is 2.16. The van der Waals surface area contributed by atoms with Crippen LogP contribution in [-0.2, 0) is 6.54 Å². The summed E-state index contributed by atoms with van der Waals surface area (Å²) in [6.07, 6.45) is 0. The molecule has 7 heteroatoms. The van der Waals surface area contributed by atoms with E-state index in [1.165, 1.54) is 18.2 Å². The molecule has 0 radical (unpaired) electrons. The van der Waals surface area contributed by atoms with Crippen molar-refractivity contribution in [2.24, 2.45) is 0 Å². The lowest BCUT2D eigenvalue weighted by Crippen LogP contribution is -2.28. The summed E-state index contributed by atoms with van der Waals surface area (Å²) in [5.41, 5.74) is 0.278. The second-order valence-corrected chi connectivity index (χ2v) is 6.57. The Hall–Kier alpha value is -3.51. The normalized spacial score (nSPS) is 10.9. The maximum atomic E-state index is 12.7. The van der Waals surface area contributed by atoms with Crippen LogP contribution in [0, 0.1) is 0 Å². The van der Waals surface area contributed by atoms with E-state index in [1.807, 2.05) is 30.3 Å². The van der Waals surface area contributed by atoms with Gasteiger partial charge in [0.05, 0.1) is 5.69 Å². The van der Waals surface area contributed by atoms with E-state index in [0.29, 0.717) is 16.1 Å². The molecular weight excluding hydrogens is 380 g/mol. The molecule has 0 aliphatic carbocycles. The van der Waals surface area contributed by atoms with Crippen LogP contribution in [0.15, 0.2) is 80.7 Å². The molecule has 4 rings (SSSR count). The number of rotatable bonds is 4. The van der Waals surface area contributed by atoms with Crippen LogP contribution in [0.5, 0.6) is 0 Å². The van der Waals surface area contributed by atoms with Gasteiger partial charge in [-0.25, -0.2) is 9.48 Å². The summed E-state index contributed by atoms with van der Waals surface area (Å²) >= 11 is 5.89. The third-order valence-corrected chi connectivity index (χ3v) is 4.46. The van der Waals surface area contributed by atoms with Gasteiger partial charge in [-0.1, -0.05) is 41.9 Å². The minimum Gasteiger partial charge on any atom is -0.422 e. The third-order valence-electron chi connectivity index (χ3n) is 4.23. The number of carbonyl (C=O) groups excluding carboxylic acids is 1. The number of hydrogen-bond donors (Lipinski definition) is 0. The lowest BCUT2D eigenvalue weighted by atomic mass is 10.1. The molecule has 0 N–H and O–H groups in total. The quantitative estimate of drug-likeness (QED) is 0.392. The van der Waals surface area contributed by atoms with Crippen LogP contribution in [0.25, 0.3) is 22.2 Å². The van der Waals surface area contributed by atoms with Gasteiger partial charge in [-0.2, -0.15) is 5.10 Å². The molecule has 2 heterocycles. The van der Waals surface area contributed by atoms with Crippen molar-refractivity contribution in [1.29, 1.82) is 0 Å². The largest absolute Gasteiger partial charge is 0.422 e. The zero-order valence-corrected chi connectivity index (χ0v) is 15.2. The zero-order chi connectivity index (χ0) is 19.7. The smallest absolute Gasteiger partial charge is 0.347 e. The Labute approximate surface area is 163 Å². The first kappa shape index (κ1) is 17.9. The average molecular weight is 393 g/mol. The van der Waals surface area contributed by atoms with Crippen molar-refractivity contribution in [2.75, 3.05) is 0 Å². The summed E-state index contributed by atoms with van der Waals surface area (Å²) in [7, 11) is 0. The number of nitrogens with zero attached hydrogens (tertiary/aromatic N) is 2. The van der Waals surface area contributed by atoms with Crippen LogP contribution >= 0.6 is 11.6 Å². The van der Waals surface area contributed by atoms with E-state index in [1.54, 1.807) is 18.2 Å². The van der Waals surface area contributed by atoms with Crippen LogP contribution < -0.4 is 11.2 Å². The van der Waals surface area contributed by atoms with Crippen LogP contribution in [0.1, 0.15) is 10.4 Å². The van der Waals surface area contributed by atoms with Crippen molar-refractivity contribution in [3.05, 3.63) is 98.1 Å². The van der Waals surface area contributed by atoms with Crippen molar-refractivity contribution < 1.29 is 9.21 Å². The highest BCUT2D eigenvalue weighted by molar-refractivity contribution is 6.31. The van der Waals surface area contributed by atoms with E-state index >= 15 is 0 Å². The van der Waals surface area contributed by atoms with Crippen molar-refractivity contribution in [3.63, 3.8) is 0 Å². The van der Waals surface area contributed by atoms with Crippen molar-refractivity contribution in [1.82, 2.24) is 9.78 Å². The van der Waals surface area contributed by atoms with Gasteiger partial charge in [0.25, 0.3) is 5.56 Å². The Balaban J connectivity index is 1.70. The fourth-order valence-corrected chi connectivity index (χ4v) is 2.99. The first-order chi connectivity index (χ1) is 13.5. The van der Waals surface area contributed by atoms with Gasteiger partial charge in [-0.15, -0.1) is 0 Å². The SMILES string of the molecule is O=C(Cn1nc(-c2ccccc2)ccc1=O)c1cc2ccc(Cl)cc2oc1=O. The molecular formula is C21H13ClN2O4. The standard InChI is InChI=1S/C21H13ClN2O4/c22-15-7-6-14-10-16(21(27)28-19(14)11-15)18(25)12-24-20(26)9-8-17(23-24)13-4-2-1-3-5-13/h1-11H,12H2. The van der Waals surface area contributed by atoms with E-state index in [2.05, 4.69) is 5.10 Å². The molecule has 2 aromatic heterocycles. The predicted molar refractivity (Wildman–Crippen MR) is 106 cm³/mol. The fraction of sp³-hybridized carbons (Fsp3) is 0.0476. The highest BCUT2D eigenvalue weighted by atomic mass is 35.5. The van der Waals surface area contributed by atoms with E-state index in [-0.39, 0.29) is 17.7 Å². The van der Waals surface area contributed by atoms with E-state index in [0.717, 1.165) is 10.2 Å². The van der Waals surface area contributed by atoms with Gasteiger partial charge in [-0.05, 0) is 24.3 Å². The molecule has 0 saturated carbocycles. The topological polar surface area (TPSA) is 82.2 Å². The highest BCUT2D eigenvalue weighted by Crippen LogP contribution is 2.19. The molecule has 0 fully saturated rings. The maximum Gasteiger partial charge on any atom is 0.347 e. The Morgan fingerprint density at radius 3 is 2.57 bits per heavy atom. The summed E-state index contributed by atoms with van der Waals surface area (Å²) < 4.78 is 6.22. The molecule has 0 bridgehead atoms. The number of benzene rings is 2. The van der Waals surface area contributed by atoms with Crippen LogP contribution in [0.3, 0.4) is 0 Å². The fourth-order valence-electron chi connectivity index (χ4n) is 2.83. The Bertz CT molecular complexity index is 1310. The second-order valence-electron chi connectivity index (χ2n) is 6.13. The molecule has 0 spiro atoms. The first-order valence-corrected chi connectivity index (χ1v) is 8.79. The molecule has 2 aromatic carbocycles. The van der Waals surface area contributed by atoms with Gasteiger partial charge in [0.15, 0.2) is 5.78 Å². The Morgan fingerprint density at radius 2 is 1.79 bits per heavy atom. The Kier molecular flexibility index (Phi) is 4.63. The van der Waals surface area contributed by atoms with Crippen molar-refractivity contribution in [3.8, 4) is 11.3 Å². The molecule has 0 saturated heterocycles. The van der Waals surface area contributed by atoms with Gasteiger partial charge in [0.2, 0.25) is 0 Å². The summed E-state index contributed by atoms with van der Waals surface area (Å²) in [5, 5.41) is 5.23. The molecule has 6 nitrogen and oxygen atoms in total. The number of carbonyl (C=O) groups is 1. The molecule has 28 heavy (non-hydrogen) atoms. The van der Waals surface area contributed by atoms with Crippen LogP contribution in [0.4, 0.5) is 0 Å². The summed E-state index contributed by atoms with van der Waals surface area (Å²) in [4.78, 5) is 37.0. The predicted octanol–water partition coefficient (Wildman–Crippen LogP) is 3.55. The molecule has 0 unspecified atom stereocenters. The number of aromatic nitrogens is 2. The lowest BCUT2D eigenvalue weighted by molar-refractivity contribution is 0.0962.